The average Bonchev–Trinajstić information content (AvgIpc) is 3.20. The molecule has 0 atom stereocenters. The van der Waals surface area contributed by atoms with Crippen molar-refractivity contribution in [3.63, 3.8) is 0 Å². The lowest BCUT2D eigenvalue weighted by Gasteiger charge is -2.28. The minimum Gasteiger partial charge on any atom is -0.381 e. The summed E-state index contributed by atoms with van der Waals surface area (Å²) in [5, 5.41) is 18.8. The maximum atomic E-state index is 14.1. The molecule has 10 nitrogen and oxygen atoms in total. The Kier molecular flexibility index (Phi) is 6.77. The summed E-state index contributed by atoms with van der Waals surface area (Å²) in [6.07, 6.45) is 5.40. The fraction of sp³-hybridized carbons (Fsp3) is 0.231. The van der Waals surface area contributed by atoms with Gasteiger partial charge in [-0.2, -0.15) is 10.2 Å². The molecule has 4 N–H and O–H groups in total. The van der Waals surface area contributed by atoms with Gasteiger partial charge in [0.2, 0.25) is 0 Å². The zero-order valence-corrected chi connectivity index (χ0v) is 14.0. The van der Waals surface area contributed by atoms with Gasteiger partial charge in [0.05, 0.1) is 13.1 Å². The van der Waals surface area contributed by atoms with E-state index in [4.69, 9.17) is 14.7 Å². The van der Waals surface area contributed by atoms with Crippen LogP contribution in [0.15, 0.2) is 43.5 Å². The van der Waals surface area contributed by atoms with Crippen LogP contribution in [-0.2, 0) is 18.7 Å². The zero-order valence-electron chi connectivity index (χ0n) is 13.1. The third-order valence-corrected chi connectivity index (χ3v) is 3.21. The smallest absolute Gasteiger partial charge is 0.324 e. The van der Waals surface area contributed by atoms with Gasteiger partial charge >= 0.3 is 8.60 Å². The van der Waals surface area contributed by atoms with Crippen molar-refractivity contribution >= 4 is 8.60 Å². The second-order valence-corrected chi connectivity index (χ2v) is 5.65. The summed E-state index contributed by atoms with van der Waals surface area (Å²) in [6, 6.07) is 3.02. The van der Waals surface area contributed by atoms with E-state index in [9.17, 15) is 13.9 Å². The van der Waals surface area contributed by atoms with Crippen LogP contribution in [-0.4, -0.2) is 49.3 Å². The van der Waals surface area contributed by atoms with E-state index in [0.717, 1.165) is 12.1 Å². The van der Waals surface area contributed by atoms with Crippen LogP contribution in [0.2, 0.25) is 0 Å². The van der Waals surface area contributed by atoms with Gasteiger partial charge in [-0.3, -0.25) is 0 Å². The molecule has 1 aromatic carbocycles. The predicted octanol–water partition coefficient (Wildman–Crippen LogP) is -0.0740. The van der Waals surface area contributed by atoms with Gasteiger partial charge in [0.15, 0.2) is 0 Å². The quantitative estimate of drug-likeness (QED) is 0.445. The van der Waals surface area contributed by atoms with Crippen LogP contribution in [0.3, 0.4) is 0 Å². The van der Waals surface area contributed by atoms with E-state index in [1.807, 2.05) is 0 Å². The first-order valence-corrected chi connectivity index (χ1v) is 8.19. The summed E-state index contributed by atoms with van der Waals surface area (Å²) in [5.74, 6) is -1.56. The van der Waals surface area contributed by atoms with Crippen LogP contribution in [0.1, 0.15) is 5.56 Å². The Hall–Kier alpha value is -2.37. The van der Waals surface area contributed by atoms with Gasteiger partial charge in [0.25, 0.3) is 0 Å². The molecule has 2 aromatic heterocycles. The highest BCUT2D eigenvalue weighted by Gasteiger charge is 2.34. The second-order valence-electron chi connectivity index (χ2n) is 5.11. The number of nitrogens with zero attached hydrogens (tertiary/aromatic N) is 6. The Morgan fingerprint density at radius 1 is 0.962 bits per heavy atom. The molecule has 0 saturated carbocycles. The van der Waals surface area contributed by atoms with E-state index in [1.165, 1.54) is 40.7 Å². The van der Waals surface area contributed by atoms with Gasteiger partial charge in [-0.25, -0.2) is 28.1 Å². The molecule has 13 heteroatoms. The third kappa shape index (κ3) is 5.58. The van der Waals surface area contributed by atoms with E-state index in [-0.39, 0.29) is 18.7 Å². The van der Waals surface area contributed by atoms with Crippen LogP contribution in [0.5, 0.6) is 0 Å². The van der Waals surface area contributed by atoms with Gasteiger partial charge in [0.1, 0.15) is 42.5 Å². The fourth-order valence-corrected chi connectivity index (χ4v) is 2.25. The first-order chi connectivity index (χ1) is 12.3. The van der Waals surface area contributed by atoms with E-state index >= 15 is 0 Å². The second kappa shape index (κ2) is 8.83. The Bertz CT molecular complexity index is 764. The summed E-state index contributed by atoms with van der Waals surface area (Å²) < 4.78 is 29.9. The number of hydrogen-bond donors (Lipinski definition) is 4. The first kappa shape index (κ1) is 19.9. The fourth-order valence-electron chi connectivity index (χ4n) is 2.25. The van der Waals surface area contributed by atoms with E-state index < -0.39 is 25.8 Å². The molecule has 3 aromatic rings. The van der Waals surface area contributed by atoms with E-state index in [0.29, 0.717) is 0 Å². The number of aliphatic hydroxyl groups is 1. The van der Waals surface area contributed by atoms with Crippen molar-refractivity contribution in [1.82, 2.24) is 29.5 Å². The molecule has 0 amide bonds. The van der Waals surface area contributed by atoms with Crippen molar-refractivity contribution in [2.24, 2.45) is 0 Å². The predicted molar refractivity (Wildman–Crippen MR) is 83.9 cm³/mol. The van der Waals surface area contributed by atoms with E-state index in [1.54, 1.807) is 0 Å². The summed E-state index contributed by atoms with van der Waals surface area (Å²) in [5.41, 5.74) is -1.75. The van der Waals surface area contributed by atoms with Crippen LogP contribution in [0.4, 0.5) is 8.78 Å². The minimum atomic E-state index is -2.62. The maximum Gasteiger partial charge on any atom is 0.324 e. The van der Waals surface area contributed by atoms with Crippen molar-refractivity contribution in [3.05, 3.63) is 60.7 Å². The van der Waals surface area contributed by atoms with Crippen molar-refractivity contribution in [3.8, 4) is 0 Å². The Balaban J connectivity index is 0.000000552. The van der Waals surface area contributed by atoms with Crippen LogP contribution in [0.25, 0.3) is 0 Å². The molecular weight excluding hydrogens is 373 g/mol. The molecule has 0 bridgehead atoms. The molecule has 140 valence electrons. The van der Waals surface area contributed by atoms with Gasteiger partial charge in [0, 0.05) is 11.6 Å². The SMILES string of the molecule is OC(Cn1cncn1)(Cn1cncn1)c1ccc(F)cc1F.OP(O)O. The minimum absolute atomic E-state index is 0.0556. The van der Waals surface area contributed by atoms with Crippen LogP contribution in [0, 0.1) is 11.6 Å². The van der Waals surface area contributed by atoms with Gasteiger partial charge in [-0.1, -0.05) is 6.07 Å². The Morgan fingerprint density at radius 2 is 1.46 bits per heavy atom. The number of benzene rings is 1. The molecule has 0 radical (unpaired) electrons. The Morgan fingerprint density at radius 3 is 1.85 bits per heavy atom. The zero-order chi connectivity index (χ0) is 19.2. The largest absolute Gasteiger partial charge is 0.381 e. The average molecular weight is 388 g/mol. The van der Waals surface area contributed by atoms with Gasteiger partial charge < -0.3 is 19.8 Å². The van der Waals surface area contributed by atoms with Gasteiger partial charge in [-0.05, 0) is 6.07 Å². The van der Waals surface area contributed by atoms with Crippen molar-refractivity contribution in [2.45, 2.75) is 18.7 Å². The monoisotopic (exact) mass is 388 g/mol. The van der Waals surface area contributed by atoms with Gasteiger partial charge in [-0.15, -0.1) is 0 Å². The van der Waals surface area contributed by atoms with Crippen molar-refractivity contribution in [1.29, 1.82) is 0 Å². The molecule has 26 heavy (non-hydrogen) atoms. The summed E-state index contributed by atoms with van der Waals surface area (Å²) >= 11 is 0. The van der Waals surface area contributed by atoms with E-state index in [2.05, 4.69) is 20.2 Å². The lowest BCUT2D eigenvalue weighted by molar-refractivity contribution is -0.00856. The summed E-state index contributed by atoms with van der Waals surface area (Å²) in [6.45, 7) is -0.148. The van der Waals surface area contributed by atoms with Crippen molar-refractivity contribution in [2.75, 3.05) is 0 Å². The molecule has 0 unspecified atom stereocenters. The molecular formula is C13H15F2N6O4P. The summed E-state index contributed by atoms with van der Waals surface area (Å²) in [7, 11) is -2.62. The Labute approximate surface area is 147 Å². The summed E-state index contributed by atoms with van der Waals surface area (Å²) in [4.78, 5) is 29.3. The lowest BCUT2D eigenvalue weighted by atomic mass is 9.93. The lowest BCUT2D eigenvalue weighted by Crippen LogP contribution is -2.37. The standard InChI is InChI=1S/C13H12F2N6O.H3O3P/c14-10-1-2-11(12(15)3-10)13(22,4-20-8-16-6-18-20)5-21-9-17-7-19-21;1-4(2)3/h1-3,6-9,22H,4-5H2;1-3H. The third-order valence-electron chi connectivity index (χ3n) is 3.21. The molecule has 0 aliphatic rings. The maximum absolute atomic E-state index is 14.1. The van der Waals surface area contributed by atoms with Crippen LogP contribution >= 0.6 is 8.60 Å². The topological polar surface area (TPSA) is 142 Å². The molecule has 0 aliphatic heterocycles. The van der Waals surface area contributed by atoms with Crippen molar-refractivity contribution < 1.29 is 28.6 Å². The molecule has 0 aliphatic carbocycles. The molecule has 0 spiro atoms. The highest BCUT2D eigenvalue weighted by atomic mass is 31.2. The van der Waals surface area contributed by atoms with Crippen LogP contribution < -0.4 is 0 Å². The molecule has 2 heterocycles. The first-order valence-electron chi connectivity index (χ1n) is 6.99. The highest BCUT2D eigenvalue weighted by Crippen LogP contribution is 2.28. The highest BCUT2D eigenvalue weighted by molar-refractivity contribution is 7.38. The molecule has 0 saturated heterocycles. The normalized spacial score (nSPS) is 11.3. The molecule has 0 fully saturated rings. The number of hydrogen-bond acceptors (Lipinski definition) is 8. The molecule has 3 rings (SSSR count). The number of rotatable bonds is 5. The number of halogens is 2. The number of aromatic nitrogens is 6.